The fraction of sp³-hybridized carbons (Fsp3) is 0.314. The van der Waals surface area contributed by atoms with Crippen molar-refractivity contribution in [1.82, 2.24) is 10.2 Å². The number of hydrogen-bond donors (Lipinski definition) is 1. The summed E-state index contributed by atoms with van der Waals surface area (Å²) in [5.74, 6) is -0.657. The van der Waals surface area contributed by atoms with E-state index in [1.54, 1.807) is 17.0 Å². The molecule has 4 aromatic carbocycles. The first-order valence-corrected chi connectivity index (χ1v) is 16.7. The number of benzene rings is 4. The number of nitrogens with one attached hydrogen (secondary N) is 1. The predicted molar refractivity (Wildman–Crippen MR) is 172 cm³/mol. The van der Waals surface area contributed by atoms with Crippen molar-refractivity contribution in [3.05, 3.63) is 114 Å². The average molecular weight is 598 g/mol. The van der Waals surface area contributed by atoms with Gasteiger partial charge in [0, 0.05) is 24.4 Å². The van der Waals surface area contributed by atoms with E-state index >= 15 is 0 Å². The molecule has 1 saturated carbocycles. The van der Waals surface area contributed by atoms with Crippen LogP contribution >= 0.6 is 0 Å². The van der Waals surface area contributed by atoms with E-state index in [-0.39, 0.29) is 18.5 Å². The molecule has 0 aromatic heterocycles. The summed E-state index contributed by atoms with van der Waals surface area (Å²) in [6, 6.07) is 29.7. The molecule has 0 aliphatic heterocycles. The molecular formula is C35H39N3O4S. The van der Waals surface area contributed by atoms with Gasteiger partial charge in [-0.1, -0.05) is 109 Å². The highest BCUT2D eigenvalue weighted by Gasteiger charge is 2.34. The highest BCUT2D eigenvalue weighted by Crippen LogP contribution is 2.29. The molecule has 0 heterocycles. The van der Waals surface area contributed by atoms with Gasteiger partial charge in [-0.25, -0.2) is 8.42 Å². The summed E-state index contributed by atoms with van der Waals surface area (Å²) in [6.07, 6.45) is 5.38. The lowest BCUT2D eigenvalue weighted by atomic mass is 10.0. The second-order valence-electron chi connectivity index (χ2n) is 11.5. The van der Waals surface area contributed by atoms with E-state index in [9.17, 15) is 18.0 Å². The van der Waals surface area contributed by atoms with Gasteiger partial charge in [0.1, 0.15) is 12.6 Å². The van der Waals surface area contributed by atoms with Gasteiger partial charge in [-0.15, -0.1) is 0 Å². The first-order chi connectivity index (χ1) is 20.7. The van der Waals surface area contributed by atoms with E-state index in [4.69, 9.17) is 0 Å². The molecule has 1 N–H and O–H groups in total. The van der Waals surface area contributed by atoms with Crippen LogP contribution in [0.5, 0.6) is 0 Å². The lowest BCUT2D eigenvalue weighted by Gasteiger charge is -2.34. The topological polar surface area (TPSA) is 86.8 Å². The van der Waals surface area contributed by atoms with Gasteiger partial charge in [-0.05, 0) is 42.3 Å². The summed E-state index contributed by atoms with van der Waals surface area (Å²) in [5.41, 5.74) is 3.26. The van der Waals surface area contributed by atoms with E-state index in [0.717, 1.165) is 63.7 Å². The van der Waals surface area contributed by atoms with Crippen LogP contribution in [0.4, 0.5) is 5.69 Å². The number of fused-ring (bicyclic) bond motifs is 1. The second kappa shape index (κ2) is 13.4. The van der Waals surface area contributed by atoms with Gasteiger partial charge in [0.05, 0.1) is 11.9 Å². The van der Waals surface area contributed by atoms with Crippen LogP contribution in [0.2, 0.25) is 0 Å². The molecule has 5 rings (SSSR count). The van der Waals surface area contributed by atoms with Crippen molar-refractivity contribution >= 4 is 38.3 Å². The third kappa shape index (κ3) is 7.62. The lowest BCUT2D eigenvalue weighted by Crippen LogP contribution is -2.54. The Labute approximate surface area is 254 Å². The predicted octanol–water partition coefficient (Wildman–Crippen LogP) is 5.61. The molecule has 224 valence electrons. The van der Waals surface area contributed by atoms with E-state index in [2.05, 4.69) is 5.32 Å². The molecule has 1 atom stereocenters. The molecule has 1 fully saturated rings. The van der Waals surface area contributed by atoms with Crippen LogP contribution in [-0.2, 0) is 32.6 Å². The van der Waals surface area contributed by atoms with Crippen LogP contribution in [0.1, 0.15) is 42.4 Å². The summed E-state index contributed by atoms with van der Waals surface area (Å²) in [7, 11) is -3.86. The van der Waals surface area contributed by atoms with Gasteiger partial charge in [0.15, 0.2) is 0 Å². The summed E-state index contributed by atoms with van der Waals surface area (Å²) in [6.45, 7) is 1.72. The molecule has 0 spiro atoms. The van der Waals surface area contributed by atoms with Crippen molar-refractivity contribution in [2.75, 3.05) is 17.1 Å². The fourth-order valence-electron chi connectivity index (χ4n) is 5.95. The Morgan fingerprint density at radius 2 is 1.51 bits per heavy atom. The molecule has 2 amide bonds. The summed E-state index contributed by atoms with van der Waals surface area (Å²) < 4.78 is 27.6. The van der Waals surface area contributed by atoms with E-state index in [1.807, 2.05) is 91.9 Å². The van der Waals surface area contributed by atoms with Crippen LogP contribution in [-0.4, -0.2) is 50.0 Å². The minimum absolute atomic E-state index is 0.0740. The smallest absolute Gasteiger partial charge is 0.244 e. The molecule has 0 saturated heterocycles. The van der Waals surface area contributed by atoms with E-state index in [1.165, 1.54) is 0 Å². The molecule has 1 aliphatic rings. The molecule has 8 heteroatoms. The van der Waals surface area contributed by atoms with Crippen molar-refractivity contribution in [1.29, 1.82) is 0 Å². The number of rotatable bonds is 11. The Bertz CT molecular complexity index is 1680. The van der Waals surface area contributed by atoms with Crippen molar-refractivity contribution in [3.63, 3.8) is 0 Å². The Hall–Kier alpha value is -4.17. The summed E-state index contributed by atoms with van der Waals surface area (Å²) >= 11 is 0. The van der Waals surface area contributed by atoms with Crippen LogP contribution in [0, 0.1) is 6.92 Å². The first-order valence-electron chi connectivity index (χ1n) is 14.8. The number of aryl methyl sites for hydroxylation is 1. The maximum absolute atomic E-state index is 14.4. The van der Waals surface area contributed by atoms with Gasteiger partial charge in [0.2, 0.25) is 21.8 Å². The molecular weight excluding hydrogens is 558 g/mol. The Morgan fingerprint density at radius 3 is 2.23 bits per heavy atom. The zero-order chi connectivity index (χ0) is 30.4. The van der Waals surface area contributed by atoms with E-state index < -0.39 is 28.5 Å². The molecule has 0 bridgehead atoms. The van der Waals surface area contributed by atoms with Gasteiger partial charge < -0.3 is 10.2 Å². The summed E-state index contributed by atoms with van der Waals surface area (Å²) in [4.78, 5) is 30.0. The monoisotopic (exact) mass is 597 g/mol. The minimum Gasteiger partial charge on any atom is -0.352 e. The standard InChI is InChI=1S/C35H39N3O4S/c1-26-12-10-15-28(22-26)24-37(33(23-27-13-4-3-5-14-27)35(40)36-30-18-7-8-19-30)34(39)25-38(43(2,41)42)32-21-11-17-29-16-6-9-20-31(29)32/h3-6,9-17,20-22,30,33H,7-8,18-19,23-25H2,1-2H3,(H,36,40). The normalized spacial score (nSPS) is 14.4. The Kier molecular flexibility index (Phi) is 9.46. The largest absolute Gasteiger partial charge is 0.352 e. The minimum atomic E-state index is -3.86. The quantitative estimate of drug-likeness (QED) is 0.243. The molecule has 0 radical (unpaired) electrons. The number of amides is 2. The summed E-state index contributed by atoms with van der Waals surface area (Å²) in [5, 5.41) is 4.81. The maximum Gasteiger partial charge on any atom is 0.244 e. The van der Waals surface area contributed by atoms with Gasteiger partial charge >= 0.3 is 0 Å². The van der Waals surface area contributed by atoms with Crippen molar-refractivity contribution in [3.8, 4) is 0 Å². The lowest BCUT2D eigenvalue weighted by molar-refractivity contribution is -0.140. The third-order valence-electron chi connectivity index (χ3n) is 8.12. The number of carbonyl (C=O) groups is 2. The van der Waals surface area contributed by atoms with Gasteiger partial charge in [-0.3, -0.25) is 13.9 Å². The van der Waals surface area contributed by atoms with Crippen molar-refractivity contribution < 1.29 is 18.0 Å². The number of anilines is 1. The number of hydrogen-bond acceptors (Lipinski definition) is 4. The highest BCUT2D eigenvalue weighted by molar-refractivity contribution is 7.92. The molecule has 1 unspecified atom stereocenters. The Balaban J connectivity index is 1.55. The Morgan fingerprint density at radius 1 is 0.860 bits per heavy atom. The van der Waals surface area contributed by atoms with Crippen molar-refractivity contribution in [2.45, 2.75) is 57.7 Å². The second-order valence-corrected chi connectivity index (χ2v) is 13.4. The molecule has 1 aliphatic carbocycles. The first kappa shape index (κ1) is 30.3. The van der Waals surface area contributed by atoms with E-state index in [0.29, 0.717) is 12.1 Å². The molecule has 43 heavy (non-hydrogen) atoms. The third-order valence-corrected chi connectivity index (χ3v) is 9.25. The number of carbonyl (C=O) groups excluding carboxylic acids is 2. The van der Waals surface area contributed by atoms with Gasteiger partial charge in [0.25, 0.3) is 0 Å². The SMILES string of the molecule is Cc1cccc(CN(C(=O)CN(c2cccc3ccccc23)S(C)(=O)=O)C(Cc2ccccc2)C(=O)NC2CCCC2)c1. The van der Waals surface area contributed by atoms with Gasteiger partial charge in [-0.2, -0.15) is 0 Å². The van der Waals surface area contributed by atoms with Crippen LogP contribution < -0.4 is 9.62 Å². The van der Waals surface area contributed by atoms with Crippen LogP contribution in [0.25, 0.3) is 10.8 Å². The van der Waals surface area contributed by atoms with Crippen LogP contribution in [0.3, 0.4) is 0 Å². The van der Waals surface area contributed by atoms with Crippen LogP contribution in [0.15, 0.2) is 97.1 Å². The fourth-order valence-corrected chi connectivity index (χ4v) is 6.81. The molecule has 7 nitrogen and oxygen atoms in total. The number of nitrogens with zero attached hydrogens (tertiary/aromatic N) is 2. The maximum atomic E-state index is 14.4. The highest BCUT2D eigenvalue weighted by atomic mass is 32.2. The van der Waals surface area contributed by atoms with Crippen molar-refractivity contribution in [2.24, 2.45) is 0 Å². The number of sulfonamides is 1. The molecule has 4 aromatic rings. The zero-order valence-corrected chi connectivity index (χ0v) is 25.6. The average Bonchev–Trinajstić information content (AvgIpc) is 3.50. The zero-order valence-electron chi connectivity index (χ0n) is 24.8.